The van der Waals surface area contributed by atoms with Crippen molar-refractivity contribution in [2.75, 3.05) is 30.4 Å². The van der Waals surface area contributed by atoms with Gasteiger partial charge < -0.3 is 15.0 Å². The maximum Gasteiger partial charge on any atom is 0.224 e. The summed E-state index contributed by atoms with van der Waals surface area (Å²) in [6, 6.07) is 18.6. The average Bonchev–Trinajstić information content (AvgIpc) is 3.13. The average molecular weight is 346 g/mol. The van der Waals surface area contributed by atoms with E-state index < -0.39 is 0 Å². The third-order valence-corrected chi connectivity index (χ3v) is 4.66. The van der Waals surface area contributed by atoms with Crippen LogP contribution in [0.4, 0.5) is 17.5 Å². The predicted molar refractivity (Wildman–Crippen MR) is 104 cm³/mol. The Kier molecular flexibility index (Phi) is 4.69. The fraction of sp³-hybridized carbons (Fsp3) is 0.238. The number of anilines is 3. The molecular weight excluding hydrogens is 324 g/mol. The van der Waals surface area contributed by atoms with Crippen LogP contribution in [-0.2, 0) is 12.8 Å². The summed E-state index contributed by atoms with van der Waals surface area (Å²) in [5.41, 5.74) is 3.87. The van der Waals surface area contributed by atoms with Gasteiger partial charge in [0.2, 0.25) is 5.95 Å². The van der Waals surface area contributed by atoms with Crippen LogP contribution in [0.5, 0.6) is 5.75 Å². The maximum atomic E-state index is 5.19. The molecule has 3 aromatic rings. The normalized spacial score (nSPS) is 12.7. The molecule has 0 aliphatic carbocycles. The molecule has 2 aromatic carbocycles. The zero-order valence-electron chi connectivity index (χ0n) is 14.9. The van der Waals surface area contributed by atoms with Gasteiger partial charge in [-0.05, 0) is 48.2 Å². The topological polar surface area (TPSA) is 50.3 Å². The molecule has 5 nitrogen and oxygen atoms in total. The number of nitrogens with zero attached hydrogens (tertiary/aromatic N) is 3. The lowest BCUT2D eigenvalue weighted by Crippen LogP contribution is -2.16. The largest absolute Gasteiger partial charge is 0.497 e. The summed E-state index contributed by atoms with van der Waals surface area (Å²) in [6.07, 6.45) is 3.78. The van der Waals surface area contributed by atoms with Gasteiger partial charge in [0.1, 0.15) is 11.6 Å². The van der Waals surface area contributed by atoms with Crippen molar-refractivity contribution in [3.8, 4) is 5.75 Å². The highest BCUT2D eigenvalue weighted by molar-refractivity contribution is 5.67. The fourth-order valence-corrected chi connectivity index (χ4v) is 3.27. The van der Waals surface area contributed by atoms with E-state index in [0.717, 1.165) is 37.5 Å². The zero-order valence-corrected chi connectivity index (χ0v) is 14.9. The number of benzene rings is 2. The van der Waals surface area contributed by atoms with Crippen molar-refractivity contribution in [3.05, 3.63) is 71.9 Å². The molecule has 4 rings (SSSR count). The molecule has 5 heteroatoms. The number of hydrogen-bond acceptors (Lipinski definition) is 5. The molecule has 132 valence electrons. The van der Waals surface area contributed by atoms with Crippen molar-refractivity contribution in [3.63, 3.8) is 0 Å². The molecule has 0 unspecified atom stereocenters. The van der Waals surface area contributed by atoms with Gasteiger partial charge in [-0.25, -0.2) is 4.98 Å². The van der Waals surface area contributed by atoms with Gasteiger partial charge >= 0.3 is 0 Å². The Morgan fingerprint density at radius 3 is 2.77 bits per heavy atom. The van der Waals surface area contributed by atoms with Crippen LogP contribution in [0.1, 0.15) is 11.1 Å². The molecular formula is C21H22N4O. The standard InChI is InChI=1S/C21H22N4O/c1-26-18-8-6-16(7-9-18)10-13-22-21-23-14-11-20(24-21)25-15-12-17-4-2-3-5-19(17)25/h2-9,11,14H,10,12-13,15H2,1H3,(H,22,23,24). The van der Waals surface area contributed by atoms with Gasteiger partial charge in [0, 0.05) is 25.0 Å². The highest BCUT2D eigenvalue weighted by atomic mass is 16.5. The second-order valence-corrected chi connectivity index (χ2v) is 6.29. The summed E-state index contributed by atoms with van der Waals surface area (Å²) in [7, 11) is 1.68. The lowest BCUT2D eigenvalue weighted by atomic mass is 10.1. The Balaban J connectivity index is 1.40. The van der Waals surface area contributed by atoms with Gasteiger partial charge in [0.25, 0.3) is 0 Å². The van der Waals surface area contributed by atoms with Crippen LogP contribution in [0.2, 0.25) is 0 Å². The van der Waals surface area contributed by atoms with Crippen molar-refractivity contribution >= 4 is 17.5 Å². The summed E-state index contributed by atoms with van der Waals surface area (Å²) in [6.45, 7) is 1.74. The van der Waals surface area contributed by atoms with Crippen molar-refractivity contribution in [2.45, 2.75) is 12.8 Å². The Morgan fingerprint density at radius 2 is 1.92 bits per heavy atom. The molecule has 0 fully saturated rings. The van der Waals surface area contributed by atoms with E-state index in [1.54, 1.807) is 7.11 Å². The van der Waals surface area contributed by atoms with E-state index in [0.29, 0.717) is 5.95 Å². The minimum Gasteiger partial charge on any atom is -0.497 e. The van der Waals surface area contributed by atoms with Crippen LogP contribution >= 0.6 is 0 Å². The Morgan fingerprint density at radius 1 is 1.08 bits per heavy atom. The number of aromatic nitrogens is 2. The van der Waals surface area contributed by atoms with Crippen LogP contribution in [0.25, 0.3) is 0 Å². The number of hydrogen-bond donors (Lipinski definition) is 1. The third-order valence-electron chi connectivity index (χ3n) is 4.66. The fourth-order valence-electron chi connectivity index (χ4n) is 3.27. The smallest absolute Gasteiger partial charge is 0.224 e. The molecule has 0 atom stereocenters. The summed E-state index contributed by atoms with van der Waals surface area (Å²) < 4.78 is 5.19. The molecule has 0 radical (unpaired) electrons. The summed E-state index contributed by atoms with van der Waals surface area (Å²) in [5.74, 6) is 2.49. The SMILES string of the molecule is COc1ccc(CCNc2nccc(N3CCc4ccccc43)n2)cc1. The molecule has 0 bridgehead atoms. The summed E-state index contributed by atoms with van der Waals surface area (Å²) in [5, 5.41) is 3.33. The summed E-state index contributed by atoms with van der Waals surface area (Å²) >= 11 is 0. The minimum absolute atomic E-state index is 0.667. The van der Waals surface area contributed by atoms with E-state index in [9.17, 15) is 0 Å². The van der Waals surface area contributed by atoms with Crippen molar-refractivity contribution < 1.29 is 4.74 Å². The number of methoxy groups -OCH3 is 1. The van der Waals surface area contributed by atoms with E-state index >= 15 is 0 Å². The van der Waals surface area contributed by atoms with Gasteiger partial charge in [-0.15, -0.1) is 0 Å². The van der Waals surface area contributed by atoms with Crippen LogP contribution < -0.4 is 15.0 Å². The van der Waals surface area contributed by atoms with Crippen molar-refractivity contribution in [1.29, 1.82) is 0 Å². The first-order valence-corrected chi connectivity index (χ1v) is 8.89. The Labute approximate surface area is 153 Å². The van der Waals surface area contributed by atoms with Gasteiger partial charge in [0.15, 0.2) is 0 Å². The molecule has 2 heterocycles. The van der Waals surface area contributed by atoms with Gasteiger partial charge in [-0.1, -0.05) is 30.3 Å². The third kappa shape index (κ3) is 3.47. The molecule has 1 aromatic heterocycles. The van der Waals surface area contributed by atoms with Crippen LogP contribution in [0, 0.1) is 0 Å². The Bertz CT molecular complexity index is 879. The van der Waals surface area contributed by atoms with E-state index in [2.05, 4.69) is 51.6 Å². The van der Waals surface area contributed by atoms with Crippen molar-refractivity contribution in [2.24, 2.45) is 0 Å². The number of ether oxygens (including phenoxy) is 1. The monoisotopic (exact) mass is 346 g/mol. The van der Waals surface area contributed by atoms with Crippen LogP contribution in [0.15, 0.2) is 60.8 Å². The lowest BCUT2D eigenvalue weighted by Gasteiger charge is -2.18. The minimum atomic E-state index is 0.667. The van der Waals surface area contributed by atoms with Crippen molar-refractivity contribution in [1.82, 2.24) is 9.97 Å². The highest BCUT2D eigenvalue weighted by Gasteiger charge is 2.20. The van der Waals surface area contributed by atoms with Gasteiger partial charge in [-0.3, -0.25) is 0 Å². The maximum absolute atomic E-state index is 5.19. The quantitative estimate of drug-likeness (QED) is 0.735. The number of fused-ring (bicyclic) bond motifs is 1. The zero-order chi connectivity index (χ0) is 17.8. The number of rotatable bonds is 6. The van der Waals surface area contributed by atoms with Gasteiger partial charge in [-0.2, -0.15) is 4.98 Å². The molecule has 0 saturated carbocycles. The molecule has 0 amide bonds. The molecule has 0 spiro atoms. The first-order chi connectivity index (χ1) is 12.8. The first-order valence-electron chi connectivity index (χ1n) is 8.89. The summed E-state index contributed by atoms with van der Waals surface area (Å²) in [4.78, 5) is 11.3. The van der Waals surface area contributed by atoms with E-state index in [1.165, 1.54) is 16.8 Å². The first kappa shape index (κ1) is 16.4. The highest BCUT2D eigenvalue weighted by Crippen LogP contribution is 2.33. The van der Waals surface area contributed by atoms with Crippen LogP contribution in [0.3, 0.4) is 0 Å². The van der Waals surface area contributed by atoms with E-state index in [-0.39, 0.29) is 0 Å². The molecule has 26 heavy (non-hydrogen) atoms. The van der Waals surface area contributed by atoms with E-state index in [1.807, 2.05) is 24.4 Å². The van der Waals surface area contributed by atoms with Crippen LogP contribution in [-0.4, -0.2) is 30.2 Å². The predicted octanol–water partition coefficient (Wildman–Crippen LogP) is 3.83. The molecule has 0 saturated heterocycles. The second kappa shape index (κ2) is 7.44. The number of nitrogens with one attached hydrogen (secondary N) is 1. The second-order valence-electron chi connectivity index (χ2n) is 6.29. The molecule has 1 aliphatic rings. The van der Waals surface area contributed by atoms with E-state index in [4.69, 9.17) is 9.72 Å². The Hall–Kier alpha value is -3.08. The molecule has 1 aliphatic heterocycles. The number of para-hydroxylation sites is 1. The van der Waals surface area contributed by atoms with Gasteiger partial charge in [0.05, 0.1) is 7.11 Å². The lowest BCUT2D eigenvalue weighted by molar-refractivity contribution is 0.414. The molecule has 1 N–H and O–H groups in total.